The van der Waals surface area contributed by atoms with Crippen LogP contribution in [0.5, 0.6) is 0 Å². The molecule has 0 bridgehead atoms. The van der Waals surface area contributed by atoms with E-state index in [1.807, 2.05) is 0 Å². The highest BCUT2D eigenvalue weighted by Crippen LogP contribution is 2.28. The van der Waals surface area contributed by atoms with Crippen molar-refractivity contribution in [1.82, 2.24) is 0 Å². The minimum absolute atomic E-state index is 0. The molecule has 0 aromatic heterocycles. The van der Waals surface area contributed by atoms with Gasteiger partial charge in [-0.2, -0.15) is 0 Å². The van der Waals surface area contributed by atoms with Gasteiger partial charge in [0.2, 0.25) is 5.82 Å². The van der Waals surface area contributed by atoms with Crippen molar-refractivity contribution in [1.29, 1.82) is 0 Å². The fourth-order valence-corrected chi connectivity index (χ4v) is 1.40. The van der Waals surface area contributed by atoms with Crippen LogP contribution in [-0.2, 0) is 0 Å². The Labute approximate surface area is 101 Å². The molecule has 7 heteroatoms. The SMILES string of the molecule is CCC[C@@H](N)c1c(F)c(F)c(F)c(F)c1F.Cl. The largest absolute Gasteiger partial charge is 0.324 e. The monoisotopic (exact) mass is 275 g/mol. The Morgan fingerprint density at radius 2 is 1.24 bits per heavy atom. The van der Waals surface area contributed by atoms with Crippen LogP contribution in [0, 0.1) is 29.1 Å². The predicted molar refractivity (Wildman–Crippen MR) is 55.3 cm³/mol. The molecule has 0 aliphatic heterocycles. The highest BCUT2D eigenvalue weighted by atomic mass is 35.5. The van der Waals surface area contributed by atoms with Gasteiger partial charge in [0.1, 0.15) is 0 Å². The molecule has 0 unspecified atom stereocenters. The van der Waals surface area contributed by atoms with Crippen LogP contribution in [0.1, 0.15) is 31.4 Å². The van der Waals surface area contributed by atoms with Gasteiger partial charge in [-0.15, -0.1) is 12.4 Å². The Morgan fingerprint density at radius 1 is 0.882 bits per heavy atom. The summed E-state index contributed by atoms with van der Waals surface area (Å²) in [4.78, 5) is 0. The van der Waals surface area contributed by atoms with Crippen molar-refractivity contribution in [3.8, 4) is 0 Å². The Morgan fingerprint density at radius 3 is 1.59 bits per heavy atom. The lowest BCUT2D eigenvalue weighted by Gasteiger charge is -2.14. The van der Waals surface area contributed by atoms with Crippen molar-refractivity contribution in [3.05, 3.63) is 34.6 Å². The molecule has 1 rings (SSSR count). The minimum atomic E-state index is -2.16. The van der Waals surface area contributed by atoms with Crippen LogP contribution < -0.4 is 5.73 Å². The van der Waals surface area contributed by atoms with Crippen LogP contribution in [0.4, 0.5) is 22.0 Å². The average molecular weight is 276 g/mol. The van der Waals surface area contributed by atoms with Crippen LogP contribution in [0.3, 0.4) is 0 Å². The number of hydrogen-bond donors (Lipinski definition) is 1. The van der Waals surface area contributed by atoms with Gasteiger partial charge in [0.05, 0.1) is 0 Å². The summed E-state index contributed by atoms with van der Waals surface area (Å²) in [7, 11) is 0. The van der Waals surface area contributed by atoms with Gasteiger partial charge >= 0.3 is 0 Å². The van der Waals surface area contributed by atoms with E-state index in [0.717, 1.165) is 0 Å². The quantitative estimate of drug-likeness (QED) is 0.509. The Balaban J connectivity index is 0.00000256. The van der Waals surface area contributed by atoms with Gasteiger partial charge in [-0.1, -0.05) is 13.3 Å². The highest BCUT2D eigenvalue weighted by Gasteiger charge is 2.28. The summed E-state index contributed by atoms with van der Waals surface area (Å²) in [5, 5.41) is 0. The van der Waals surface area contributed by atoms with E-state index in [9.17, 15) is 22.0 Å². The van der Waals surface area contributed by atoms with Gasteiger partial charge in [0.25, 0.3) is 0 Å². The second-order valence-electron chi connectivity index (χ2n) is 3.38. The summed E-state index contributed by atoms with van der Waals surface area (Å²) in [6, 6.07) is -1.20. The molecule has 0 amide bonds. The lowest BCUT2D eigenvalue weighted by atomic mass is 10.0. The van der Waals surface area contributed by atoms with Crippen LogP contribution in [0.25, 0.3) is 0 Å². The van der Waals surface area contributed by atoms with E-state index in [1.165, 1.54) is 0 Å². The number of benzene rings is 1. The first-order chi connectivity index (χ1) is 7.41. The summed E-state index contributed by atoms with van der Waals surface area (Å²) < 4.78 is 64.6. The zero-order chi connectivity index (χ0) is 12.5. The van der Waals surface area contributed by atoms with E-state index >= 15 is 0 Å². The average Bonchev–Trinajstić information content (AvgIpc) is 2.24. The van der Waals surface area contributed by atoms with Crippen LogP contribution in [-0.4, -0.2) is 0 Å². The van der Waals surface area contributed by atoms with Gasteiger partial charge in [-0.3, -0.25) is 0 Å². The fourth-order valence-electron chi connectivity index (χ4n) is 1.40. The number of hydrogen-bond acceptors (Lipinski definition) is 1. The second-order valence-corrected chi connectivity index (χ2v) is 3.38. The molecule has 0 aliphatic rings. The smallest absolute Gasteiger partial charge is 0.200 e. The molecule has 98 valence electrons. The molecule has 0 saturated carbocycles. The van der Waals surface area contributed by atoms with E-state index in [1.54, 1.807) is 6.92 Å². The molecule has 0 aliphatic carbocycles. The van der Waals surface area contributed by atoms with E-state index < -0.39 is 40.7 Å². The van der Waals surface area contributed by atoms with Crippen LogP contribution >= 0.6 is 12.4 Å². The normalized spacial score (nSPS) is 12.2. The van der Waals surface area contributed by atoms with E-state index in [0.29, 0.717) is 6.42 Å². The highest BCUT2D eigenvalue weighted by molar-refractivity contribution is 5.85. The van der Waals surface area contributed by atoms with Crippen molar-refractivity contribution in [2.24, 2.45) is 5.73 Å². The summed E-state index contributed by atoms with van der Waals surface area (Å²) in [5.41, 5.74) is 4.41. The fraction of sp³-hybridized carbons (Fsp3) is 0.400. The molecule has 1 aromatic rings. The van der Waals surface area contributed by atoms with E-state index in [4.69, 9.17) is 5.73 Å². The molecule has 1 nitrogen and oxygen atoms in total. The second kappa shape index (κ2) is 6.16. The molecule has 0 spiro atoms. The zero-order valence-electron chi connectivity index (χ0n) is 8.87. The predicted octanol–water partition coefficient (Wildman–Crippen LogP) is 3.60. The molecular weight excluding hydrogens is 265 g/mol. The van der Waals surface area contributed by atoms with Crippen LogP contribution in [0.2, 0.25) is 0 Å². The third-order valence-electron chi connectivity index (χ3n) is 2.21. The van der Waals surface area contributed by atoms with Crippen LogP contribution in [0.15, 0.2) is 0 Å². The Hall–Kier alpha value is -0.880. The van der Waals surface area contributed by atoms with Crippen molar-refractivity contribution in [2.75, 3.05) is 0 Å². The molecule has 1 atom stereocenters. The maximum absolute atomic E-state index is 13.2. The first-order valence-corrected chi connectivity index (χ1v) is 4.68. The summed E-state index contributed by atoms with van der Waals surface area (Å²) in [5.74, 6) is -9.78. The zero-order valence-corrected chi connectivity index (χ0v) is 9.68. The Kier molecular flexibility index (Phi) is 5.84. The van der Waals surface area contributed by atoms with Crippen molar-refractivity contribution in [2.45, 2.75) is 25.8 Å². The van der Waals surface area contributed by atoms with E-state index in [2.05, 4.69) is 0 Å². The summed E-state index contributed by atoms with van der Waals surface area (Å²) >= 11 is 0. The lowest BCUT2D eigenvalue weighted by Crippen LogP contribution is -2.17. The van der Waals surface area contributed by atoms with Gasteiger partial charge in [0.15, 0.2) is 23.3 Å². The van der Waals surface area contributed by atoms with Gasteiger partial charge in [-0.05, 0) is 6.42 Å². The topological polar surface area (TPSA) is 26.0 Å². The molecule has 0 saturated heterocycles. The number of rotatable bonds is 3. The molecule has 17 heavy (non-hydrogen) atoms. The molecule has 2 N–H and O–H groups in total. The van der Waals surface area contributed by atoms with Crippen molar-refractivity contribution >= 4 is 12.4 Å². The summed E-state index contributed by atoms with van der Waals surface area (Å²) in [6.45, 7) is 1.69. The molecule has 0 fully saturated rings. The van der Waals surface area contributed by atoms with Crippen molar-refractivity contribution < 1.29 is 22.0 Å². The number of nitrogens with two attached hydrogens (primary N) is 1. The molecule has 1 aromatic carbocycles. The first kappa shape index (κ1) is 16.1. The van der Waals surface area contributed by atoms with Crippen molar-refractivity contribution in [3.63, 3.8) is 0 Å². The molecule has 0 radical (unpaired) electrons. The van der Waals surface area contributed by atoms with Gasteiger partial charge < -0.3 is 5.73 Å². The van der Waals surface area contributed by atoms with E-state index in [-0.39, 0.29) is 18.8 Å². The summed E-state index contributed by atoms with van der Waals surface area (Å²) in [6.07, 6.45) is 0.610. The minimum Gasteiger partial charge on any atom is -0.324 e. The number of halogens is 6. The standard InChI is InChI=1S/C10H10F5N.ClH/c1-2-3-4(16)5-6(11)8(13)10(15)9(14)7(5)12;/h4H,2-3,16H2,1H3;1H/t4-;/m1./s1. The molecule has 0 heterocycles. The third-order valence-corrected chi connectivity index (χ3v) is 2.21. The molecular formula is C10H11ClF5N. The Bertz CT molecular complexity index is 381. The third kappa shape index (κ3) is 2.87. The maximum Gasteiger partial charge on any atom is 0.200 e. The maximum atomic E-state index is 13.2. The van der Waals surface area contributed by atoms with Gasteiger partial charge in [-0.25, -0.2) is 22.0 Å². The van der Waals surface area contributed by atoms with Gasteiger partial charge in [0, 0.05) is 11.6 Å². The lowest BCUT2D eigenvalue weighted by molar-refractivity contribution is 0.362. The first-order valence-electron chi connectivity index (χ1n) is 4.68.